The van der Waals surface area contributed by atoms with Crippen LogP contribution in [0.5, 0.6) is 0 Å². The summed E-state index contributed by atoms with van der Waals surface area (Å²) >= 11 is 7.77. The van der Waals surface area contributed by atoms with Crippen molar-refractivity contribution in [1.82, 2.24) is 18.9 Å². The molecule has 1 unspecified atom stereocenters. The lowest BCUT2D eigenvalue weighted by atomic mass is 9.97. The molecule has 0 N–H and O–H groups in total. The zero-order valence-electron chi connectivity index (χ0n) is 19.6. The second kappa shape index (κ2) is 9.39. The van der Waals surface area contributed by atoms with E-state index in [0.717, 1.165) is 17.8 Å². The molecule has 1 saturated heterocycles. The Kier molecular flexibility index (Phi) is 6.29. The van der Waals surface area contributed by atoms with Gasteiger partial charge in [-0.2, -0.15) is 0 Å². The molecule has 0 saturated carbocycles. The number of halogens is 1. The van der Waals surface area contributed by atoms with Crippen molar-refractivity contribution in [2.45, 2.75) is 31.5 Å². The third kappa shape index (κ3) is 3.98. The van der Waals surface area contributed by atoms with Gasteiger partial charge in [0.25, 0.3) is 5.56 Å². The van der Waals surface area contributed by atoms with Gasteiger partial charge in [0, 0.05) is 24.6 Å². The van der Waals surface area contributed by atoms with Crippen LogP contribution in [0.25, 0.3) is 11.2 Å². The van der Waals surface area contributed by atoms with Crippen molar-refractivity contribution in [3.63, 3.8) is 0 Å². The molecule has 0 radical (unpaired) electrons. The molecule has 10 heteroatoms. The van der Waals surface area contributed by atoms with Gasteiger partial charge in [0.15, 0.2) is 5.16 Å². The summed E-state index contributed by atoms with van der Waals surface area (Å²) in [5.41, 5.74) is 2.66. The number of benzene rings is 1. The normalized spacial score (nSPS) is 15.3. The van der Waals surface area contributed by atoms with E-state index in [2.05, 4.69) is 4.98 Å². The minimum atomic E-state index is -0.452. The molecule has 4 aromatic rings. The number of hydrogen-bond donors (Lipinski definition) is 0. The molecule has 1 fully saturated rings. The Hall–Kier alpha value is -3.30. The molecule has 0 spiro atoms. The summed E-state index contributed by atoms with van der Waals surface area (Å²) in [6, 6.07) is 11.0. The standard InChI is InChI=1S/C25H24ClN5O3S/c1-4-34-24(33)20-15(2)27-25(35-3)28-22(20)30-13-11-18(30)19-14-29-12-10-17(26)21(29)23(32)31(19)16-8-6-5-7-9-16/h5-10,12,14,18H,4,11,13H2,1-3H3. The van der Waals surface area contributed by atoms with Crippen molar-refractivity contribution in [3.8, 4) is 5.69 Å². The maximum Gasteiger partial charge on any atom is 0.343 e. The first-order valence-electron chi connectivity index (χ1n) is 11.3. The number of para-hydroxylation sites is 1. The first-order valence-corrected chi connectivity index (χ1v) is 12.9. The zero-order valence-corrected chi connectivity index (χ0v) is 21.1. The number of aryl methyl sites for hydroxylation is 1. The van der Waals surface area contributed by atoms with Gasteiger partial charge in [-0.15, -0.1) is 0 Å². The van der Waals surface area contributed by atoms with Crippen LogP contribution in [0.1, 0.15) is 41.1 Å². The van der Waals surface area contributed by atoms with Crippen LogP contribution in [0.4, 0.5) is 5.82 Å². The van der Waals surface area contributed by atoms with Gasteiger partial charge < -0.3 is 14.0 Å². The zero-order chi connectivity index (χ0) is 24.7. The predicted molar refractivity (Wildman–Crippen MR) is 137 cm³/mol. The van der Waals surface area contributed by atoms with Gasteiger partial charge in [-0.25, -0.2) is 14.8 Å². The number of carbonyl (C=O) groups excluding carboxylic acids is 1. The van der Waals surface area contributed by atoms with E-state index in [1.807, 2.05) is 47.7 Å². The number of fused-ring (bicyclic) bond motifs is 1. The molecule has 35 heavy (non-hydrogen) atoms. The topological polar surface area (TPSA) is 81.7 Å². The summed E-state index contributed by atoms with van der Waals surface area (Å²) in [5, 5.41) is 0.974. The smallest absolute Gasteiger partial charge is 0.343 e. The third-order valence-corrected chi connectivity index (χ3v) is 7.01. The van der Waals surface area contributed by atoms with Crippen molar-refractivity contribution in [2.75, 3.05) is 24.3 Å². The minimum absolute atomic E-state index is 0.189. The molecule has 1 aliphatic rings. The van der Waals surface area contributed by atoms with Crippen molar-refractivity contribution >= 4 is 40.7 Å². The number of thioether (sulfide) groups is 1. The van der Waals surface area contributed by atoms with Gasteiger partial charge in [-0.05, 0) is 44.7 Å². The number of ether oxygens (including phenoxy) is 1. The van der Waals surface area contributed by atoms with Gasteiger partial charge in [0.2, 0.25) is 0 Å². The minimum Gasteiger partial charge on any atom is -0.462 e. The van der Waals surface area contributed by atoms with Crippen LogP contribution in [0, 0.1) is 6.92 Å². The molecule has 0 aliphatic carbocycles. The summed E-state index contributed by atoms with van der Waals surface area (Å²) in [6.07, 6.45) is 6.39. The van der Waals surface area contributed by atoms with Gasteiger partial charge >= 0.3 is 5.97 Å². The van der Waals surface area contributed by atoms with Crippen molar-refractivity contribution in [3.05, 3.63) is 81.1 Å². The molecule has 1 atom stereocenters. The van der Waals surface area contributed by atoms with Crippen LogP contribution in [-0.2, 0) is 4.74 Å². The van der Waals surface area contributed by atoms with Crippen LogP contribution >= 0.6 is 23.4 Å². The van der Waals surface area contributed by atoms with Gasteiger partial charge in [0.1, 0.15) is 16.9 Å². The Balaban J connectivity index is 1.70. The third-order valence-electron chi connectivity index (χ3n) is 6.16. The van der Waals surface area contributed by atoms with E-state index >= 15 is 0 Å². The summed E-state index contributed by atoms with van der Waals surface area (Å²) in [6.45, 7) is 4.49. The van der Waals surface area contributed by atoms with E-state index < -0.39 is 5.97 Å². The van der Waals surface area contributed by atoms with Gasteiger partial charge in [-0.1, -0.05) is 41.6 Å². The number of esters is 1. The van der Waals surface area contributed by atoms with E-state index in [-0.39, 0.29) is 18.2 Å². The molecular weight excluding hydrogens is 486 g/mol. The molecule has 8 nitrogen and oxygen atoms in total. The Bertz CT molecular complexity index is 1480. The quantitative estimate of drug-likeness (QED) is 0.212. The lowest BCUT2D eigenvalue weighted by Crippen LogP contribution is -2.45. The van der Waals surface area contributed by atoms with Crippen molar-refractivity contribution < 1.29 is 9.53 Å². The highest BCUT2D eigenvalue weighted by atomic mass is 35.5. The second-order valence-electron chi connectivity index (χ2n) is 8.16. The Morgan fingerprint density at radius 1 is 1.23 bits per heavy atom. The number of anilines is 1. The summed E-state index contributed by atoms with van der Waals surface area (Å²) in [5.74, 6) is 0.0700. The van der Waals surface area contributed by atoms with Crippen molar-refractivity contribution in [2.24, 2.45) is 0 Å². The fourth-order valence-corrected chi connectivity index (χ4v) is 5.11. The van der Waals surface area contributed by atoms with Gasteiger partial charge in [0.05, 0.1) is 29.1 Å². The molecule has 1 aliphatic heterocycles. The monoisotopic (exact) mass is 509 g/mol. The highest BCUT2D eigenvalue weighted by molar-refractivity contribution is 7.98. The predicted octanol–water partition coefficient (Wildman–Crippen LogP) is 4.69. The lowest BCUT2D eigenvalue weighted by molar-refractivity contribution is 0.0524. The average Bonchev–Trinajstić information content (AvgIpc) is 3.19. The summed E-state index contributed by atoms with van der Waals surface area (Å²) in [7, 11) is 0. The molecule has 1 aromatic carbocycles. The molecular formula is C25H24ClN5O3S. The molecule has 3 aromatic heterocycles. The Morgan fingerprint density at radius 2 is 2.00 bits per heavy atom. The molecule has 180 valence electrons. The van der Waals surface area contributed by atoms with E-state index in [4.69, 9.17) is 21.3 Å². The molecule has 0 bridgehead atoms. The number of aromatic nitrogens is 4. The number of hydrogen-bond acceptors (Lipinski definition) is 7. The maximum atomic E-state index is 13.7. The first kappa shape index (κ1) is 23.4. The van der Waals surface area contributed by atoms with Gasteiger partial charge in [-0.3, -0.25) is 9.36 Å². The van der Waals surface area contributed by atoms with Crippen LogP contribution in [0.2, 0.25) is 5.02 Å². The largest absolute Gasteiger partial charge is 0.462 e. The molecule has 4 heterocycles. The second-order valence-corrected chi connectivity index (χ2v) is 9.34. The molecule has 5 rings (SSSR count). The number of carbonyl (C=O) groups is 1. The van der Waals surface area contributed by atoms with E-state index in [9.17, 15) is 9.59 Å². The van der Waals surface area contributed by atoms with Crippen LogP contribution in [0.15, 0.2) is 58.7 Å². The number of rotatable bonds is 6. The maximum absolute atomic E-state index is 13.7. The van der Waals surface area contributed by atoms with Crippen molar-refractivity contribution in [1.29, 1.82) is 0 Å². The Morgan fingerprint density at radius 3 is 2.66 bits per heavy atom. The van der Waals surface area contributed by atoms with Crippen LogP contribution in [0.3, 0.4) is 0 Å². The highest BCUT2D eigenvalue weighted by Crippen LogP contribution is 2.40. The summed E-state index contributed by atoms with van der Waals surface area (Å²) in [4.78, 5) is 37.8. The van der Waals surface area contributed by atoms with E-state index in [0.29, 0.717) is 39.3 Å². The van der Waals surface area contributed by atoms with E-state index in [1.54, 1.807) is 35.1 Å². The SMILES string of the molecule is CCOC(=O)c1c(C)nc(SC)nc1N1CCC1c1cn2ccc(Cl)c2c(=O)n1-c1ccccc1. The highest BCUT2D eigenvalue weighted by Gasteiger charge is 2.37. The van der Waals surface area contributed by atoms with E-state index in [1.165, 1.54) is 11.8 Å². The Labute approximate surface area is 211 Å². The number of nitrogens with zero attached hydrogens (tertiary/aromatic N) is 5. The fourth-order valence-electron chi connectivity index (χ4n) is 4.47. The summed E-state index contributed by atoms with van der Waals surface area (Å²) < 4.78 is 8.79. The lowest BCUT2D eigenvalue weighted by Gasteiger charge is -2.43. The molecule has 0 amide bonds. The average molecular weight is 510 g/mol. The first-order chi connectivity index (χ1) is 16.9. The fraction of sp³-hybridized carbons (Fsp3) is 0.280. The van der Waals surface area contributed by atoms with Crippen LogP contribution < -0.4 is 10.5 Å². The van der Waals surface area contributed by atoms with Crippen LogP contribution in [-0.4, -0.2) is 44.3 Å².